The molecule has 0 saturated heterocycles. The Morgan fingerprint density at radius 2 is 1.76 bits per heavy atom. The van der Waals surface area contributed by atoms with Crippen molar-refractivity contribution >= 4 is 23.8 Å². The smallest absolute Gasteiger partial charge is 0.239 e. The van der Waals surface area contributed by atoms with E-state index in [4.69, 9.17) is 0 Å². The first-order valence-electron chi connectivity index (χ1n) is 7.33. The Morgan fingerprint density at radius 3 is 2.33 bits per heavy atom. The molecule has 0 aromatic carbocycles. The van der Waals surface area contributed by atoms with Gasteiger partial charge in [0, 0.05) is 26.7 Å². The molecule has 1 aromatic rings. The number of amides is 1. The molecule has 0 unspecified atom stereocenters. The second kappa shape index (κ2) is 8.93. The van der Waals surface area contributed by atoms with Crippen LogP contribution in [0, 0.1) is 0 Å². The lowest BCUT2D eigenvalue weighted by atomic mass is 10.4. The third-order valence-electron chi connectivity index (χ3n) is 2.87. The highest BCUT2D eigenvalue weighted by atomic mass is 16.1. The van der Waals surface area contributed by atoms with E-state index in [0.717, 1.165) is 19.5 Å². The van der Waals surface area contributed by atoms with Gasteiger partial charge in [-0.1, -0.05) is 6.92 Å². The number of hydrogen-bond donors (Lipinski definition) is 3. The highest BCUT2D eigenvalue weighted by Crippen LogP contribution is 2.12. The predicted octanol–water partition coefficient (Wildman–Crippen LogP) is 0.698. The Labute approximate surface area is 125 Å². The fraction of sp³-hybridized carbons (Fsp3) is 0.692. The van der Waals surface area contributed by atoms with Crippen molar-refractivity contribution in [3.8, 4) is 0 Å². The summed E-state index contributed by atoms with van der Waals surface area (Å²) in [5.41, 5.74) is 0. The zero-order valence-corrected chi connectivity index (χ0v) is 13.2. The molecule has 0 spiro atoms. The zero-order chi connectivity index (χ0) is 15.7. The molecule has 1 amide bonds. The maximum absolute atomic E-state index is 11.6. The van der Waals surface area contributed by atoms with Crippen molar-refractivity contribution in [3.63, 3.8) is 0 Å². The molecule has 0 bridgehead atoms. The SMILES string of the molecule is CCCNC(=O)CNc1nc(NC)nc(N(CC)CC)n1. The molecular weight excluding hydrogens is 270 g/mol. The maximum atomic E-state index is 11.6. The Hall–Kier alpha value is -2.12. The van der Waals surface area contributed by atoms with E-state index in [0.29, 0.717) is 24.4 Å². The topological polar surface area (TPSA) is 95.1 Å². The van der Waals surface area contributed by atoms with E-state index in [1.54, 1.807) is 7.05 Å². The molecule has 8 heteroatoms. The number of carbonyl (C=O) groups excluding carboxylic acids is 1. The number of rotatable bonds is 9. The minimum absolute atomic E-state index is 0.0762. The van der Waals surface area contributed by atoms with Crippen molar-refractivity contribution in [2.45, 2.75) is 27.2 Å². The molecule has 8 nitrogen and oxygen atoms in total. The van der Waals surface area contributed by atoms with Gasteiger partial charge in [0.2, 0.25) is 23.8 Å². The van der Waals surface area contributed by atoms with Crippen LogP contribution in [-0.4, -0.2) is 54.1 Å². The first kappa shape index (κ1) is 16.9. The molecule has 0 saturated carbocycles. The van der Waals surface area contributed by atoms with E-state index < -0.39 is 0 Å². The van der Waals surface area contributed by atoms with Gasteiger partial charge < -0.3 is 20.9 Å². The second-order valence-corrected chi connectivity index (χ2v) is 4.41. The first-order chi connectivity index (χ1) is 10.1. The third kappa shape index (κ3) is 5.41. The summed E-state index contributed by atoms with van der Waals surface area (Å²) in [6, 6.07) is 0. The lowest BCUT2D eigenvalue weighted by Crippen LogP contribution is -2.31. The van der Waals surface area contributed by atoms with Gasteiger partial charge in [-0.15, -0.1) is 0 Å². The van der Waals surface area contributed by atoms with E-state index in [-0.39, 0.29) is 12.5 Å². The van der Waals surface area contributed by atoms with Crippen LogP contribution < -0.4 is 20.9 Å². The summed E-state index contributed by atoms with van der Waals surface area (Å²) in [5, 5.41) is 8.63. The van der Waals surface area contributed by atoms with Crippen molar-refractivity contribution in [1.29, 1.82) is 0 Å². The molecule has 0 aliphatic rings. The van der Waals surface area contributed by atoms with Crippen LogP contribution in [0.1, 0.15) is 27.2 Å². The molecule has 1 heterocycles. The largest absolute Gasteiger partial charge is 0.357 e. The number of hydrogen-bond acceptors (Lipinski definition) is 7. The number of carbonyl (C=O) groups is 1. The Kier molecular flexibility index (Phi) is 7.20. The Bertz CT molecular complexity index is 448. The summed E-state index contributed by atoms with van der Waals surface area (Å²) in [6.45, 7) is 8.51. The van der Waals surface area contributed by atoms with E-state index in [9.17, 15) is 4.79 Å². The van der Waals surface area contributed by atoms with Crippen molar-refractivity contribution in [3.05, 3.63) is 0 Å². The summed E-state index contributed by atoms with van der Waals surface area (Å²) >= 11 is 0. The molecule has 3 N–H and O–H groups in total. The van der Waals surface area contributed by atoms with Crippen LogP contribution in [0.5, 0.6) is 0 Å². The van der Waals surface area contributed by atoms with Gasteiger partial charge in [0.05, 0.1) is 6.54 Å². The van der Waals surface area contributed by atoms with Crippen molar-refractivity contribution in [2.75, 3.05) is 48.8 Å². The Morgan fingerprint density at radius 1 is 1.10 bits per heavy atom. The minimum Gasteiger partial charge on any atom is -0.357 e. The first-order valence-corrected chi connectivity index (χ1v) is 7.33. The average Bonchev–Trinajstić information content (AvgIpc) is 2.51. The van der Waals surface area contributed by atoms with Gasteiger partial charge in [-0.2, -0.15) is 15.0 Å². The fourth-order valence-corrected chi connectivity index (χ4v) is 1.69. The van der Waals surface area contributed by atoms with Gasteiger partial charge in [0.15, 0.2) is 0 Å². The van der Waals surface area contributed by atoms with Crippen LogP contribution >= 0.6 is 0 Å². The standard InChI is InChI=1S/C13H25N7O/c1-5-8-15-10(21)9-16-12-17-11(14-4)18-13(19-12)20(6-2)7-3/h5-9H2,1-4H3,(H,15,21)(H2,14,16,17,18,19). The molecule has 0 radical (unpaired) electrons. The average molecular weight is 295 g/mol. The molecule has 0 aliphatic heterocycles. The predicted molar refractivity (Wildman–Crippen MR) is 84.7 cm³/mol. The number of nitrogens with zero attached hydrogens (tertiary/aromatic N) is 4. The van der Waals surface area contributed by atoms with Gasteiger partial charge in [-0.3, -0.25) is 4.79 Å². The van der Waals surface area contributed by atoms with Crippen LogP contribution in [0.15, 0.2) is 0 Å². The van der Waals surface area contributed by atoms with Gasteiger partial charge in [-0.05, 0) is 20.3 Å². The minimum atomic E-state index is -0.0762. The Balaban J connectivity index is 2.77. The molecule has 1 rings (SSSR count). The van der Waals surface area contributed by atoms with E-state index in [2.05, 4.69) is 30.9 Å². The molecule has 0 fully saturated rings. The van der Waals surface area contributed by atoms with E-state index in [1.807, 2.05) is 25.7 Å². The van der Waals surface area contributed by atoms with Crippen LogP contribution in [0.4, 0.5) is 17.8 Å². The van der Waals surface area contributed by atoms with Crippen LogP contribution in [0.25, 0.3) is 0 Å². The quantitative estimate of drug-likeness (QED) is 0.617. The number of anilines is 3. The molecule has 21 heavy (non-hydrogen) atoms. The summed E-state index contributed by atoms with van der Waals surface area (Å²) < 4.78 is 0. The maximum Gasteiger partial charge on any atom is 0.239 e. The van der Waals surface area contributed by atoms with Gasteiger partial charge in [0.1, 0.15) is 0 Å². The zero-order valence-electron chi connectivity index (χ0n) is 13.2. The van der Waals surface area contributed by atoms with Crippen LogP contribution in [-0.2, 0) is 4.79 Å². The fourth-order valence-electron chi connectivity index (χ4n) is 1.69. The van der Waals surface area contributed by atoms with Crippen LogP contribution in [0.3, 0.4) is 0 Å². The van der Waals surface area contributed by atoms with Gasteiger partial charge >= 0.3 is 0 Å². The lowest BCUT2D eigenvalue weighted by molar-refractivity contribution is -0.119. The number of aromatic nitrogens is 3. The van der Waals surface area contributed by atoms with Crippen molar-refractivity contribution in [2.24, 2.45) is 0 Å². The molecule has 0 atom stereocenters. The lowest BCUT2D eigenvalue weighted by Gasteiger charge is -2.19. The van der Waals surface area contributed by atoms with Crippen molar-refractivity contribution < 1.29 is 4.79 Å². The molecule has 1 aromatic heterocycles. The van der Waals surface area contributed by atoms with Gasteiger partial charge in [0.25, 0.3) is 0 Å². The highest BCUT2D eigenvalue weighted by molar-refractivity contribution is 5.80. The van der Waals surface area contributed by atoms with Crippen LogP contribution in [0.2, 0.25) is 0 Å². The highest BCUT2D eigenvalue weighted by Gasteiger charge is 2.11. The summed E-state index contributed by atoms with van der Waals surface area (Å²) in [7, 11) is 1.75. The van der Waals surface area contributed by atoms with E-state index >= 15 is 0 Å². The summed E-state index contributed by atoms with van der Waals surface area (Å²) in [6.07, 6.45) is 0.910. The van der Waals surface area contributed by atoms with E-state index in [1.165, 1.54) is 0 Å². The monoisotopic (exact) mass is 295 g/mol. The number of nitrogens with one attached hydrogen (secondary N) is 3. The second-order valence-electron chi connectivity index (χ2n) is 4.41. The van der Waals surface area contributed by atoms with Crippen molar-refractivity contribution in [1.82, 2.24) is 20.3 Å². The third-order valence-corrected chi connectivity index (χ3v) is 2.87. The summed E-state index contributed by atoms with van der Waals surface area (Å²) in [5.74, 6) is 1.38. The summed E-state index contributed by atoms with van der Waals surface area (Å²) in [4.78, 5) is 26.5. The molecular formula is C13H25N7O. The molecule has 118 valence electrons. The normalized spacial score (nSPS) is 10.1. The van der Waals surface area contributed by atoms with Gasteiger partial charge in [-0.25, -0.2) is 0 Å². The molecule has 0 aliphatic carbocycles.